The molecule has 4 saturated carbocycles. The van der Waals surface area contributed by atoms with Crippen molar-refractivity contribution < 1.29 is 4.74 Å². The van der Waals surface area contributed by atoms with Crippen LogP contribution in [-0.2, 0) is 4.74 Å². The first-order valence-electron chi connectivity index (χ1n) is 9.10. The van der Waals surface area contributed by atoms with Crippen LogP contribution in [0.4, 0.5) is 0 Å². The Morgan fingerprint density at radius 1 is 1.10 bits per heavy atom. The Morgan fingerprint density at radius 2 is 1.75 bits per heavy atom. The van der Waals surface area contributed by atoms with Crippen LogP contribution in [0.15, 0.2) is 0 Å². The second kappa shape index (κ2) is 5.28. The third-order valence-corrected chi connectivity index (χ3v) is 6.80. The van der Waals surface area contributed by atoms with E-state index in [1.165, 1.54) is 38.6 Å². The molecule has 1 saturated heterocycles. The predicted octanol–water partition coefficient (Wildman–Crippen LogP) is 3.61. The van der Waals surface area contributed by atoms with Gasteiger partial charge in [0.05, 0.1) is 6.61 Å². The van der Waals surface area contributed by atoms with Crippen LogP contribution in [0.25, 0.3) is 0 Å². The normalized spacial score (nSPS) is 47.9. The van der Waals surface area contributed by atoms with Crippen LogP contribution in [-0.4, -0.2) is 25.8 Å². The van der Waals surface area contributed by atoms with Crippen molar-refractivity contribution in [1.82, 2.24) is 5.32 Å². The van der Waals surface area contributed by atoms with Gasteiger partial charge in [0, 0.05) is 18.6 Å². The molecule has 5 rings (SSSR count). The van der Waals surface area contributed by atoms with E-state index >= 15 is 0 Å². The summed E-state index contributed by atoms with van der Waals surface area (Å²) in [5.74, 6) is 3.98. The third kappa shape index (κ3) is 2.23. The zero-order chi connectivity index (χ0) is 13.6. The van der Waals surface area contributed by atoms with E-state index in [1.807, 2.05) is 0 Å². The molecule has 20 heavy (non-hydrogen) atoms. The molecule has 2 unspecified atom stereocenters. The molecular weight excluding hydrogens is 246 g/mol. The molecule has 0 spiro atoms. The number of ether oxygens (including phenoxy) is 1. The first kappa shape index (κ1) is 13.6. The highest BCUT2D eigenvalue weighted by atomic mass is 16.5. The number of hydrogen-bond acceptors (Lipinski definition) is 2. The minimum Gasteiger partial charge on any atom is -0.381 e. The van der Waals surface area contributed by atoms with Crippen molar-refractivity contribution in [1.29, 1.82) is 0 Å². The van der Waals surface area contributed by atoms with Crippen molar-refractivity contribution in [2.24, 2.45) is 29.1 Å². The van der Waals surface area contributed by atoms with Gasteiger partial charge in [-0.15, -0.1) is 0 Å². The lowest BCUT2D eigenvalue weighted by Crippen LogP contribution is -2.58. The van der Waals surface area contributed by atoms with Gasteiger partial charge in [-0.3, -0.25) is 0 Å². The molecule has 114 valence electrons. The molecule has 4 aliphatic carbocycles. The number of hydrogen-bond donors (Lipinski definition) is 1. The topological polar surface area (TPSA) is 21.3 Å². The quantitative estimate of drug-likeness (QED) is 0.829. The fourth-order valence-electron chi connectivity index (χ4n) is 6.56. The SMILES string of the molecule is CCCNC(C1CCOC1)C12CC3CC(CC(C3)C1)C2. The Balaban J connectivity index is 1.57. The summed E-state index contributed by atoms with van der Waals surface area (Å²) in [6, 6.07) is 0.748. The summed E-state index contributed by atoms with van der Waals surface area (Å²) in [6.45, 7) is 5.52. The monoisotopic (exact) mass is 277 g/mol. The molecule has 5 fully saturated rings. The van der Waals surface area contributed by atoms with Crippen molar-refractivity contribution in [2.45, 2.75) is 64.3 Å². The molecule has 5 aliphatic rings. The van der Waals surface area contributed by atoms with Crippen LogP contribution < -0.4 is 5.32 Å². The van der Waals surface area contributed by atoms with Crippen molar-refractivity contribution in [3.05, 3.63) is 0 Å². The summed E-state index contributed by atoms with van der Waals surface area (Å²) in [5.41, 5.74) is 0.641. The summed E-state index contributed by atoms with van der Waals surface area (Å²) in [6.07, 6.45) is 11.8. The van der Waals surface area contributed by atoms with Crippen LogP contribution >= 0.6 is 0 Å². The zero-order valence-corrected chi connectivity index (χ0v) is 13.1. The van der Waals surface area contributed by atoms with Gasteiger partial charge in [0.2, 0.25) is 0 Å². The first-order chi connectivity index (χ1) is 9.79. The lowest BCUT2D eigenvalue weighted by atomic mass is 9.46. The molecule has 2 atom stereocenters. The van der Waals surface area contributed by atoms with Gasteiger partial charge in [-0.2, -0.15) is 0 Å². The van der Waals surface area contributed by atoms with Gasteiger partial charge >= 0.3 is 0 Å². The molecular formula is C18H31NO. The predicted molar refractivity (Wildman–Crippen MR) is 81.6 cm³/mol. The van der Waals surface area contributed by atoms with E-state index in [0.717, 1.165) is 42.9 Å². The van der Waals surface area contributed by atoms with Crippen LogP contribution in [0.3, 0.4) is 0 Å². The highest BCUT2D eigenvalue weighted by molar-refractivity contribution is 5.07. The van der Waals surface area contributed by atoms with Gasteiger partial charge in [0.15, 0.2) is 0 Å². The van der Waals surface area contributed by atoms with E-state index in [2.05, 4.69) is 12.2 Å². The maximum Gasteiger partial charge on any atom is 0.0510 e. The Hall–Kier alpha value is -0.0800. The summed E-state index contributed by atoms with van der Waals surface area (Å²) in [5, 5.41) is 3.99. The van der Waals surface area contributed by atoms with Gasteiger partial charge in [-0.05, 0) is 81.1 Å². The third-order valence-electron chi connectivity index (χ3n) is 6.80. The van der Waals surface area contributed by atoms with E-state index < -0.39 is 0 Å². The number of rotatable bonds is 5. The smallest absolute Gasteiger partial charge is 0.0510 e. The zero-order valence-electron chi connectivity index (χ0n) is 13.1. The Morgan fingerprint density at radius 3 is 2.25 bits per heavy atom. The molecule has 4 bridgehead atoms. The highest BCUT2D eigenvalue weighted by Crippen LogP contribution is 2.62. The van der Waals surface area contributed by atoms with Gasteiger partial charge in [-0.25, -0.2) is 0 Å². The van der Waals surface area contributed by atoms with E-state index in [4.69, 9.17) is 4.74 Å². The second-order valence-corrected chi connectivity index (χ2v) is 8.34. The highest BCUT2D eigenvalue weighted by Gasteiger charge is 2.55. The second-order valence-electron chi connectivity index (χ2n) is 8.34. The maximum atomic E-state index is 5.74. The maximum absolute atomic E-state index is 5.74. The lowest BCUT2D eigenvalue weighted by Gasteiger charge is -2.60. The Labute approximate surface area is 124 Å². The van der Waals surface area contributed by atoms with Crippen molar-refractivity contribution in [3.63, 3.8) is 0 Å². The largest absolute Gasteiger partial charge is 0.381 e. The van der Waals surface area contributed by atoms with E-state index in [-0.39, 0.29) is 0 Å². The van der Waals surface area contributed by atoms with Gasteiger partial charge in [0.1, 0.15) is 0 Å². The molecule has 1 aliphatic heterocycles. The average Bonchev–Trinajstić information content (AvgIpc) is 2.91. The first-order valence-corrected chi connectivity index (χ1v) is 9.10. The van der Waals surface area contributed by atoms with E-state index in [0.29, 0.717) is 5.41 Å². The van der Waals surface area contributed by atoms with Gasteiger partial charge in [-0.1, -0.05) is 6.92 Å². The van der Waals surface area contributed by atoms with Crippen LogP contribution in [0.1, 0.15) is 58.3 Å². The minimum absolute atomic E-state index is 0.641. The molecule has 2 nitrogen and oxygen atoms in total. The number of nitrogens with one attached hydrogen (secondary N) is 1. The van der Waals surface area contributed by atoms with E-state index in [1.54, 1.807) is 19.3 Å². The minimum atomic E-state index is 0.641. The lowest BCUT2D eigenvalue weighted by molar-refractivity contribution is -0.0852. The standard InChI is InChI=1S/C18H31NO/c1-2-4-19-17(16-3-5-20-12-16)18-9-13-6-14(10-18)8-15(7-13)11-18/h13-17,19H,2-12H2,1H3. The molecule has 2 heteroatoms. The summed E-state index contributed by atoms with van der Waals surface area (Å²) < 4.78 is 5.74. The Kier molecular flexibility index (Phi) is 3.58. The van der Waals surface area contributed by atoms with Crippen molar-refractivity contribution >= 4 is 0 Å². The molecule has 0 amide bonds. The summed E-state index contributed by atoms with van der Waals surface area (Å²) >= 11 is 0. The van der Waals surface area contributed by atoms with Crippen molar-refractivity contribution in [3.8, 4) is 0 Å². The molecule has 1 N–H and O–H groups in total. The fraction of sp³-hybridized carbons (Fsp3) is 1.00. The van der Waals surface area contributed by atoms with Gasteiger partial charge in [0.25, 0.3) is 0 Å². The molecule has 0 aromatic heterocycles. The summed E-state index contributed by atoms with van der Waals surface area (Å²) in [4.78, 5) is 0. The molecule has 1 heterocycles. The summed E-state index contributed by atoms with van der Waals surface area (Å²) in [7, 11) is 0. The fourth-order valence-corrected chi connectivity index (χ4v) is 6.56. The van der Waals surface area contributed by atoms with E-state index in [9.17, 15) is 0 Å². The van der Waals surface area contributed by atoms with Gasteiger partial charge < -0.3 is 10.1 Å². The molecule has 0 aromatic rings. The van der Waals surface area contributed by atoms with Crippen molar-refractivity contribution in [2.75, 3.05) is 19.8 Å². The van der Waals surface area contributed by atoms with Crippen LogP contribution in [0, 0.1) is 29.1 Å². The Bertz CT molecular complexity index is 312. The molecule has 0 aromatic carbocycles. The molecule has 0 radical (unpaired) electrons. The van der Waals surface area contributed by atoms with Crippen LogP contribution in [0.5, 0.6) is 0 Å². The van der Waals surface area contributed by atoms with Crippen LogP contribution in [0.2, 0.25) is 0 Å². The average molecular weight is 277 g/mol.